The van der Waals surface area contributed by atoms with Gasteiger partial charge in [-0.25, -0.2) is 4.42 Å². The summed E-state index contributed by atoms with van der Waals surface area (Å²) in [6.07, 6.45) is 10.2. The van der Waals surface area contributed by atoms with Crippen LogP contribution in [-0.2, 0) is 11.2 Å². The highest BCUT2D eigenvalue weighted by molar-refractivity contribution is 8.26. The second kappa shape index (κ2) is 12.4. The summed E-state index contributed by atoms with van der Waals surface area (Å²) < 4.78 is 20.1. The second-order valence-corrected chi connectivity index (χ2v) is 15.1. The van der Waals surface area contributed by atoms with Gasteiger partial charge < -0.3 is 18.8 Å². The van der Waals surface area contributed by atoms with Gasteiger partial charge in [-0.05, 0) is 111 Å². The van der Waals surface area contributed by atoms with Crippen LogP contribution in [0, 0.1) is 23.7 Å². The number of carbonyl (C=O) groups excluding carboxylic acids is 1. The van der Waals surface area contributed by atoms with E-state index < -0.39 is 0 Å². The fourth-order valence-corrected chi connectivity index (χ4v) is 9.93. The summed E-state index contributed by atoms with van der Waals surface area (Å²) in [5.74, 6) is 5.79. The maximum Gasteiger partial charge on any atom is 0.266 e. The number of amides is 1. The molecule has 2 saturated heterocycles. The van der Waals surface area contributed by atoms with Crippen LogP contribution in [0.5, 0.6) is 11.5 Å². The van der Waals surface area contributed by atoms with Crippen molar-refractivity contribution in [1.82, 2.24) is 14.2 Å². The first kappa shape index (κ1) is 29.7. The molecule has 6 fully saturated rings. The van der Waals surface area contributed by atoms with Gasteiger partial charge in [0.15, 0.2) is 0 Å². The van der Waals surface area contributed by atoms with E-state index >= 15 is 0 Å². The van der Waals surface area contributed by atoms with Crippen LogP contribution >= 0.6 is 35.8 Å². The summed E-state index contributed by atoms with van der Waals surface area (Å²) in [5, 5.41) is 0. The predicted molar refractivity (Wildman–Crippen MR) is 175 cm³/mol. The van der Waals surface area contributed by atoms with Crippen LogP contribution < -0.4 is 9.47 Å². The van der Waals surface area contributed by atoms with Gasteiger partial charge in [-0.15, -0.1) is 0 Å². The molecule has 0 atom stereocenters. The molecule has 1 aromatic carbocycles. The van der Waals surface area contributed by atoms with Crippen molar-refractivity contribution in [2.75, 3.05) is 46.9 Å². The van der Waals surface area contributed by atoms with Crippen LogP contribution in [0.15, 0.2) is 33.6 Å². The van der Waals surface area contributed by atoms with Crippen molar-refractivity contribution < 1.29 is 18.7 Å². The average Bonchev–Trinajstić information content (AvgIpc) is 3.53. The molecule has 1 aromatic heterocycles. The van der Waals surface area contributed by atoms with E-state index in [-0.39, 0.29) is 11.9 Å². The highest BCUT2D eigenvalue weighted by atomic mass is 35.5. The molecule has 230 valence electrons. The second-order valence-electron chi connectivity index (χ2n) is 12.9. The van der Waals surface area contributed by atoms with Crippen LogP contribution in [0.1, 0.15) is 49.8 Å². The number of carbonyl (C=O) groups is 1. The van der Waals surface area contributed by atoms with Gasteiger partial charge in [-0.1, -0.05) is 24.0 Å². The zero-order valence-electron chi connectivity index (χ0n) is 24.9. The molecule has 8 rings (SSSR count). The smallest absolute Gasteiger partial charge is 0.266 e. The number of hydrogen-bond acceptors (Lipinski definition) is 8. The van der Waals surface area contributed by atoms with E-state index in [1.54, 1.807) is 14.2 Å². The Bertz CT molecular complexity index is 1370. The van der Waals surface area contributed by atoms with Crippen LogP contribution in [0.25, 0.3) is 17.4 Å². The molecule has 0 spiro atoms. The molecule has 7 nitrogen and oxygen atoms in total. The number of hydrogen-bond donors (Lipinski definition) is 0. The summed E-state index contributed by atoms with van der Waals surface area (Å²) in [7, 11) is 3.29. The maximum absolute atomic E-state index is 14.0. The van der Waals surface area contributed by atoms with E-state index in [9.17, 15) is 4.79 Å². The van der Waals surface area contributed by atoms with E-state index in [0.717, 1.165) is 80.0 Å². The Morgan fingerprint density at radius 1 is 0.977 bits per heavy atom. The lowest BCUT2D eigenvalue weighted by Gasteiger charge is -2.56. The first-order valence-electron chi connectivity index (χ1n) is 15.6. The Morgan fingerprint density at radius 3 is 2.26 bits per heavy atom. The van der Waals surface area contributed by atoms with Gasteiger partial charge in [0.25, 0.3) is 5.91 Å². The van der Waals surface area contributed by atoms with Crippen molar-refractivity contribution in [3.8, 4) is 22.8 Å². The molecule has 4 aliphatic carbocycles. The number of thioether (sulfide) groups is 1. The molecule has 6 aliphatic rings. The summed E-state index contributed by atoms with van der Waals surface area (Å²) in [5.41, 5.74) is 1.96. The average molecular weight is 642 g/mol. The van der Waals surface area contributed by atoms with Crippen LogP contribution in [0.3, 0.4) is 0 Å². The van der Waals surface area contributed by atoms with Gasteiger partial charge in [-0.2, -0.15) is 0 Å². The molecule has 10 heteroatoms. The van der Waals surface area contributed by atoms with E-state index in [1.165, 1.54) is 43.9 Å². The SMILES string of the molecule is COc1cc(OC)cc(-c2cc(CCCN3CCN(Cl)CC3)c(/C=C3\SC(=S)N(C4C5CC6CC(C5)CC4C6)C3=O)o2)c1. The number of rotatable bonds is 9. The molecule has 3 heterocycles. The van der Waals surface area contributed by atoms with Crippen molar-refractivity contribution in [2.45, 2.75) is 51.0 Å². The molecule has 2 aromatic rings. The molecule has 0 unspecified atom stereocenters. The van der Waals surface area contributed by atoms with Crippen molar-refractivity contribution in [3.05, 3.63) is 40.5 Å². The van der Waals surface area contributed by atoms with Crippen molar-refractivity contribution in [1.29, 1.82) is 0 Å². The fraction of sp³-hybridized carbons (Fsp3) is 0.576. The van der Waals surface area contributed by atoms with Crippen molar-refractivity contribution in [3.63, 3.8) is 0 Å². The van der Waals surface area contributed by atoms with Crippen molar-refractivity contribution >= 4 is 52.1 Å². The molecular formula is C33H40ClN3O4S2. The Kier molecular flexibility index (Phi) is 8.55. The number of furan rings is 1. The molecule has 4 saturated carbocycles. The molecule has 4 bridgehead atoms. The maximum atomic E-state index is 14.0. The highest BCUT2D eigenvalue weighted by Gasteiger charge is 2.53. The number of benzene rings is 1. The predicted octanol–water partition coefficient (Wildman–Crippen LogP) is 6.69. The lowest BCUT2D eigenvalue weighted by molar-refractivity contribution is -0.130. The standard InChI is InChI=1S/C33H40ClN3O4S2/c1-39-26-15-23(16-27(18-26)40-2)28-17-22(4-3-5-35-6-8-36(34)9-7-35)29(41-28)19-30-32(38)37(33(42)43-30)31-24-11-20-10-21(13-24)14-25(31)12-20/h15-21,24-25,31H,3-14H2,1-2H3/b30-19-. The molecular weight excluding hydrogens is 602 g/mol. The van der Waals surface area contributed by atoms with Gasteiger partial charge >= 0.3 is 0 Å². The van der Waals surface area contributed by atoms with Crippen LogP contribution in [-0.4, -0.2) is 77.4 Å². The van der Waals surface area contributed by atoms with E-state index in [1.807, 2.05) is 33.6 Å². The zero-order valence-corrected chi connectivity index (χ0v) is 27.3. The van der Waals surface area contributed by atoms with Gasteiger partial charge in [0.2, 0.25) is 0 Å². The third-order valence-electron chi connectivity index (χ3n) is 10.3. The third-order valence-corrected chi connectivity index (χ3v) is 11.9. The molecule has 43 heavy (non-hydrogen) atoms. The van der Waals surface area contributed by atoms with E-state index in [0.29, 0.717) is 32.6 Å². The summed E-state index contributed by atoms with van der Waals surface area (Å²) in [6, 6.07) is 8.12. The topological polar surface area (TPSA) is 58.4 Å². The van der Waals surface area contributed by atoms with Crippen LogP contribution in [0.4, 0.5) is 0 Å². The summed E-state index contributed by atoms with van der Waals surface area (Å²) in [4.78, 5) is 19.1. The third kappa shape index (κ3) is 6.00. The lowest BCUT2D eigenvalue weighted by atomic mass is 9.54. The number of methoxy groups -OCH3 is 2. The quantitative estimate of drug-likeness (QED) is 0.171. The van der Waals surface area contributed by atoms with Gasteiger partial charge in [0.1, 0.15) is 27.3 Å². The molecule has 0 radical (unpaired) electrons. The van der Waals surface area contributed by atoms with E-state index in [4.69, 9.17) is 37.9 Å². The minimum Gasteiger partial charge on any atom is -0.497 e. The first-order chi connectivity index (χ1) is 20.9. The number of ether oxygens (including phenoxy) is 2. The molecule has 2 aliphatic heterocycles. The largest absolute Gasteiger partial charge is 0.497 e. The Labute approximate surface area is 269 Å². The molecule has 0 N–H and O–H groups in total. The zero-order chi connectivity index (χ0) is 29.7. The Morgan fingerprint density at radius 2 is 1.63 bits per heavy atom. The minimum absolute atomic E-state index is 0.0540. The monoisotopic (exact) mass is 641 g/mol. The number of nitrogens with zero attached hydrogens (tertiary/aromatic N) is 3. The Balaban J connectivity index is 1.15. The normalized spacial score (nSPS) is 30.2. The summed E-state index contributed by atoms with van der Waals surface area (Å²) >= 11 is 13.5. The van der Waals surface area contributed by atoms with Gasteiger partial charge in [0, 0.05) is 49.9 Å². The highest BCUT2D eigenvalue weighted by Crippen LogP contribution is 2.56. The Hall–Kier alpha value is -2.04. The number of thiocarbonyl (C=S) groups is 1. The molecule has 1 amide bonds. The number of halogens is 1. The lowest BCUT2D eigenvalue weighted by Crippen LogP contribution is -2.57. The van der Waals surface area contributed by atoms with Gasteiger partial charge in [0.05, 0.1) is 19.1 Å². The summed E-state index contributed by atoms with van der Waals surface area (Å²) in [6.45, 7) is 4.71. The van der Waals surface area contributed by atoms with Crippen molar-refractivity contribution in [2.24, 2.45) is 23.7 Å². The number of piperazine rings is 1. The minimum atomic E-state index is 0.0540. The number of aryl methyl sites for hydroxylation is 1. The van der Waals surface area contributed by atoms with Gasteiger partial charge in [-0.3, -0.25) is 9.69 Å². The van der Waals surface area contributed by atoms with E-state index in [2.05, 4.69) is 11.0 Å². The first-order valence-corrected chi connectivity index (χ1v) is 17.2. The fourth-order valence-electron chi connectivity index (χ4n) is 8.47. The van der Waals surface area contributed by atoms with Crippen LogP contribution in [0.2, 0.25) is 0 Å².